The van der Waals surface area contributed by atoms with E-state index in [-0.39, 0.29) is 18.8 Å². The van der Waals surface area contributed by atoms with Gasteiger partial charge in [0.1, 0.15) is 17.3 Å². The molecular weight excluding hydrogens is 268 g/mol. The first-order chi connectivity index (χ1) is 9.51. The van der Waals surface area contributed by atoms with Crippen LogP contribution >= 0.6 is 0 Å². The molecule has 2 amide bonds. The van der Waals surface area contributed by atoms with E-state index in [1.54, 1.807) is 0 Å². The molecule has 0 spiro atoms. The van der Waals surface area contributed by atoms with Crippen molar-refractivity contribution in [3.05, 3.63) is 29.3 Å². The van der Waals surface area contributed by atoms with E-state index in [2.05, 4.69) is 10.6 Å². The standard InChI is InChI=1S/C13H15F2N3O2/c1-2-16-5-8-3-9(14)13(10(15)4-8)18-6-11(19)17-12(20)7-18/h3-4,16H,2,5-7H2,1H3,(H,17,19,20). The summed E-state index contributed by atoms with van der Waals surface area (Å²) in [6.07, 6.45) is 0. The number of nitrogens with zero attached hydrogens (tertiary/aromatic N) is 1. The van der Waals surface area contributed by atoms with E-state index in [0.29, 0.717) is 18.7 Å². The molecule has 0 aliphatic carbocycles. The molecule has 2 N–H and O–H groups in total. The Bertz CT molecular complexity index is 509. The van der Waals surface area contributed by atoms with Crippen LogP contribution in [0.5, 0.6) is 0 Å². The lowest BCUT2D eigenvalue weighted by atomic mass is 10.1. The molecule has 7 heteroatoms. The maximum absolute atomic E-state index is 14.0. The Morgan fingerprint density at radius 2 is 1.75 bits per heavy atom. The molecule has 1 aromatic carbocycles. The zero-order valence-electron chi connectivity index (χ0n) is 11.0. The van der Waals surface area contributed by atoms with Gasteiger partial charge in [0.2, 0.25) is 11.8 Å². The number of hydrogen-bond donors (Lipinski definition) is 2. The highest BCUT2D eigenvalue weighted by atomic mass is 19.1. The zero-order chi connectivity index (χ0) is 14.7. The maximum atomic E-state index is 14.0. The lowest BCUT2D eigenvalue weighted by Crippen LogP contribution is -2.52. The Hall–Kier alpha value is -2.02. The van der Waals surface area contributed by atoms with Crippen LogP contribution < -0.4 is 15.5 Å². The van der Waals surface area contributed by atoms with Crippen LogP contribution in [0.4, 0.5) is 14.5 Å². The fourth-order valence-electron chi connectivity index (χ4n) is 2.09. The summed E-state index contributed by atoms with van der Waals surface area (Å²) >= 11 is 0. The Morgan fingerprint density at radius 3 is 2.25 bits per heavy atom. The smallest absolute Gasteiger partial charge is 0.246 e. The number of nitrogens with one attached hydrogen (secondary N) is 2. The molecule has 1 saturated heterocycles. The highest BCUT2D eigenvalue weighted by Crippen LogP contribution is 2.25. The quantitative estimate of drug-likeness (QED) is 0.792. The van der Waals surface area contributed by atoms with Crippen molar-refractivity contribution in [3.8, 4) is 0 Å². The molecule has 1 aliphatic rings. The van der Waals surface area contributed by atoms with Gasteiger partial charge in [-0.1, -0.05) is 6.92 Å². The van der Waals surface area contributed by atoms with E-state index in [1.807, 2.05) is 6.92 Å². The second-order valence-corrected chi connectivity index (χ2v) is 4.52. The van der Waals surface area contributed by atoms with Gasteiger partial charge in [0.25, 0.3) is 0 Å². The summed E-state index contributed by atoms with van der Waals surface area (Å²) in [4.78, 5) is 23.6. The van der Waals surface area contributed by atoms with Crippen molar-refractivity contribution < 1.29 is 18.4 Å². The highest BCUT2D eigenvalue weighted by Gasteiger charge is 2.27. The van der Waals surface area contributed by atoms with Crippen LogP contribution in [-0.2, 0) is 16.1 Å². The number of anilines is 1. The lowest BCUT2D eigenvalue weighted by molar-refractivity contribution is -0.130. The van der Waals surface area contributed by atoms with Crippen LogP contribution in [0.25, 0.3) is 0 Å². The monoisotopic (exact) mass is 283 g/mol. The van der Waals surface area contributed by atoms with Crippen molar-refractivity contribution >= 4 is 17.5 Å². The molecule has 1 fully saturated rings. The number of amides is 2. The third kappa shape index (κ3) is 3.11. The summed E-state index contributed by atoms with van der Waals surface area (Å²) in [6.45, 7) is 2.44. The van der Waals surface area contributed by atoms with Crippen molar-refractivity contribution in [1.82, 2.24) is 10.6 Å². The van der Waals surface area contributed by atoms with Gasteiger partial charge < -0.3 is 10.2 Å². The molecule has 0 saturated carbocycles. The number of imide groups is 1. The summed E-state index contributed by atoms with van der Waals surface area (Å²) < 4.78 is 28.0. The normalized spacial score (nSPS) is 15.4. The molecule has 0 radical (unpaired) electrons. The first kappa shape index (κ1) is 14.4. The lowest BCUT2D eigenvalue weighted by Gasteiger charge is -2.28. The van der Waals surface area contributed by atoms with E-state index in [9.17, 15) is 18.4 Å². The average molecular weight is 283 g/mol. The molecule has 0 bridgehead atoms. The van der Waals surface area contributed by atoms with E-state index in [0.717, 1.165) is 4.90 Å². The fraction of sp³-hybridized carbons (Fsp3) is 0.385. The minimum absolute atomic E-state index is 0.244. The van der Waals surface area contributed by atoms with Crippen molar-refractivity contribution in [3.63, 3.8) is 0 Å². The molecule has 0 aromatic heterocycles. The van der Waals surface area contributed by atoms with Gasteiger partial charge in [-0.05, 0) is 24.2 Å². The van der Waals surface area contributed by atoms with Gasteiger partial charge in [0.05, 0.1) is 13.1 Å². The van der Waals surface area contributed by atoms with Crippen molar-refractivity contribution in [1.29, 1.82) is 0 Å². The maximum Gasteiger partial charge on any atom is 0.246 e. The molecule has 1 aliphatic heterocycles. The van der Waals surface area contributed by atoms with Crippen LogP contribution in [0.3, 0.4) is 0 Å². The molecule has 2 rings (SSSR count). The van der Waals surface area contributed by atoms with E-state index in [4.69, 9.17) is 0 Å². The predicted molar refractivity (Wildman–Crippen MR) is 69.1 cm³/mol. The molecule has 108 valence electrons. The molecule has 20 heavy (non-hydrogen) atoms. The van der Waals surface area contributed by atoms with Crippen LogP contribution in [0, 0.1) is 11.6 Å². The van der Waals surface area contributed by atoms with Crippen LogP contribution in [0.2, 0.25) is 0 Å². The molecule has 1 heterocycles. The number of halogens is 2. The van der Waals surface area contributed by atoms with E-state index in [1.165, 1.54) is 12.1 Å². The van der Waals surface area contributed by atoms with Gasteiger partial charge >= 0.3 is 0 Å². The summed E-state index contributed by atoms with van der Waals surface area (Å²) in [5, 5.41) is 5.05. The van der Waals surface area contributed by atoms with Gasteiger partial charge in [0, 0.05) is 6.54 Å². The summed E-state index contributed by atoms with van der Waals surface area (Å²) in [7, 11) is 0. The van der Waals surface area contributed by atoms with Crippen LogP contribution in [0.15, 0.2) is 12.1 Å². The zero-order valence-corrected chi connectivity index (χ0v) is 11.0. The molecule has 0 atom stereocenters. The summed E-state index contributed by atoms with van der Waals surface area (Å²) in [6, 6.07) is 2.41. The second kappa shape index (κ2) is 5.96. The Balaban J connectivity index is 2.27. The number of carbonyl (C=O) groups excluding carboxylic acids is 2. The average Bonchev–Trinajstić information content (AvgIpc) is 2.34. The van der Waals surface area contributed by atoms with Crippen LogP contribution in [0.1, 0.15) is 12.5 Å². The van der Waals surface area contributed by atoms with Crippen LogP contribution in [-0.4, -0.2) is 31.4 Å². The van der Waals surface area contributed by atoms with Gasteiger partial charge in [-0.15, -0.1) is 0 Å². The predicted octanol–water partition coefficient (Wildman–Crippen LogP) is 0.537. The van der Waals surface area contributed by atoms with Gasteiger partial charge in [-0.3, -0.25) is 14.9 Å². The SMILES string of the molecule is CCNCc1cc(F)c(N2CC(=O)NC(=O)C2)c(F)c1. The number of piperazine rings is 1. The van der Waals surface area contributed by atoms with Gasteiger partial charge in [-0.25, -0.2) is 8.78 Å². The van der Waals surface area contributed by atoms with Crippen molar-refractivity contribution in [2.45, 2.75) is 13.5 Å². The minimum atomic E-state index is -0.777. The van der Waals surface area contributed by atoms with Gasteiger partial charge in [0.15, 0.2) is 0 Å². The third-order valence-electron chi connectivity index (χ3n) is 2.92. The Morgan fingerprint density at radius 1 is 1.20 bits per heavy atom. The first-order valence-electron chi connectivity index (χ1n) is 6.27. The molecular formula is C13H15F2N3O2. The van der Waals surface area contributed by atoms with Gasteiger partial charge in [-0.2, -0.15) is 0 Å². The van der Waals surface area contributed by atoms with Crippen molar-refractivity contribution in [2.75, 3.05) is 24.5 Å². The molecule has 0 unspecified atom stereocenters. The minimum Gasteiger partial charge on any atom is -0.348 e. The van der Waals surface area contributed by atoms with E-state index < -0.39 is 23.4 Å². The second-order valence-electron chi connectivity index (χ2n) is 4.52. The number of benzene rings is 1. The largest absolute Gasteiger partial charge is 0.348 e. The number of carbonyl (C=O) groups is 2. The number of rotatable bonds is 4. The summed E-state index contributed by atoms with van der Waals surface area (Å²) in [5.74, 6) is -2.70. The number of hydrogen-bond acceptors (Lipinski definition) is 4. The topological polar surface area (TPSA) is 61.4 Å². The molecule has 1 aromatic rings. The van der Waals surface area contributed by atoms with E-state index >= 15 is 0 Å². The Labute approximate surface area is 114 Å². The first-order valence-corrected chi connectivity index (χ1v) is 6.27. The fourth-order valence-corrected chi connectivity index (χ4v) is 2.09. The Kier molecular flexibility index (Phi) is 4.29. The summed E-state index contributed by atoms with van der Waals surface area (Å²) in [5.41, 5.74) is 0.131. The van der Waals surface area contributed by atoms with Crippen molar-refractivity contribution in [2.24, 2.45) is 0 Å². The third-order valence-corrected chi connectivity index (χ3v) is 2.92. The molecule has 5 nitrogen and oxygen atoms in total. The highest BCUT2D eigenvalue weighted by molar-refractivity contribution is 6.02.